The number of alkyl halides is 3. The van der Waals surface area contributed by atoms with Gasteiger partial charge in [0, 0.05) is 0 Å². The van der Waals surface area contributed by atoms with Crippen LogP contribution in [0.3, 0.4) is 0 Å². The molecule has 6 heteroatoms. The van der Waals surface area contributed by atoms with Crippen LogP contribution in [-0.2, 0) is 14.3 Å². The fourth-order valence-corrected chi connectivity index (χ4v) is 1.90. The Kier molecular flexibility index (Phi) is 2.86. The highest BCUT2D eigenvalue weighted by atomic mass is 19.4. The molecule has 2 rings (SSSR count). The standard InChI is InChI=1S/C10H13F3O3/c11-10(12,13)9(6-15-9)8(14)16-7-4-2-1-3-5-7/h7H,1-6H2. The smallest absolute Gasteiger partial charge is 0.430 e. The van der Waals surface area contributed by atoms with Crippen molar-refractivity contribution in [3.63, 3.8) is 0 Å². The molecule has 1 atom stereocenters. The van der Waals surface area contributed by atoms with Crippen molar-refractivity contribution in [2.75, 3.05) is 6.61 Å². The lowest BCUT2D eigenvalue weighted by Gasteiger charge is -2.24. The second-order valence-electron chi connectivity index (χ2n) is 4.28. The Bertz CT molecular complexity index is 278. The molecule has 1 aliphatic heterocycles. The number of halogens is 3. The molecule has 1 aliphatic carbocycles. The van der Waals surface area contributed by atoms with Crippen molar-refractivity contribution >= 4 is 5.97 Å². The van der Waals surface area contributed by atoms with Crippen LogP contribution in [0.1, 0.15) is 32.1 Å². The zero-order valence-electron chi connectivity index (χ0n) is 8.68. The van der Waals surface area contributed by atoms with E-state index in [4.69, 9.17) is 4.74 Å². The third kappa shape index (κ3) is 2.03. The van der Waals surface area contributed by atoms with Crippen molar-refractivity contribution in [3.8, 4) is 0 Å². The lowest BCUT2D eigenvalue weighted by Crippen LogP contribution is -2.43. The number of hydrogen-bond acceptors (Lipinski definition) is 3. The van der Waals surface area contributed by atoms with Crippen LogP contribution in [0.15, 0.2) is 0 Å². The Morgan fingerprint density at radius 3 is 2.25 bits per heavy atom. The van der Waals surface area contributed by atoms with E-state index in [2.05, 4.69) is 4.74 Å². The third-order valence-corrected chi connectivity index (χ3v) is 3.05. The Labute approximate surface area is 90.9 Å². The van der Waals surface area contributed by atoms with Crippen molar-refractivity contribution in [3.05, 3.63) is 0 Å². The van der Waals surface area contributed by atoms with E-state index in [0.29, 0.717) is 12.8 Å². The predicted molar refractivity (Wildman–Crippen MR) is 47.7 cm³/mol. The highest BCUT2D eigenvalue weighted by Crippen LogP contribution is 2.45. The fourth-order valence-electron chi connectivity index (χ4n) is 1.90. The Morgan fingerprint density at radius 1 is 1.25 bits per heavy atom. The fraction of sp³-hybridized carbons (Fsp3) is 0.900. The molecule has 1 saturated heterocycles. The summed E-state index contributed by atoms with van der Waals surface area (Å²) in [6, 6.07) is 0. The summed E-state index contributed by atoms with van der Waals surface area (Å²) in [5.41, 5.74) is -2.66. The molecule has 1 saturated carbocycles. The molecule has 2 aliphatic rings. The van der Waals surface area contributed by atoms with Crippen molar-refractivity contribution in [2.24, 2.45) is 0 Å². The van der Waals surface area contributed by atoms with Gasteiger partial charge < -0.3 is 9.47 Å². The Morgan fingerprint density at radius 2 is 1.81 bits per heavy atom. The van der Waals surface area contributed by atoms with Crippen molar-refractivity contribution in [1.82, 2.24) is 0 Å². The van der Waals surface area contributed by atoms with Crippen LogP contribution in [0.2, 0.25) is 0 Å². The van der Waals surface area contributed by atoms with Gasteiger partial charge in [0.15, 0.2) is 0 Å². The first kappa shape index (κ1) is 11.7. The molecule has 92 valence electrons. The number of esters is 1. The van der Waals surface area contributed by atoms with Crippen LogP contribution >= 0.6 is 0 Å². The lowest BCUT2D eigenvalue weighted by molar-refractivity contribution is -0.207. The second-order valence-corrected chi connectivity index (χ2v) is 4.28. The van der Waals surface area contributed by atoms with Crippen LogP contribution in [0.4, 0.5) is 13.2 Å². The van der Waals surface area contributed by atoms with Crippen molar-refractivity contribution < 1.29 is 27.4 Å². The second kappa shape index (κ2) is 3.91. The molecule has 0 aromatic heterocycles. The van der Waals surface area contributed by atoms with E-state index in [9.17, 15) is 18.0 Å². The lowest BCUT2D eigenvalue weighted by atomic mass is 9.97. The molecule has 1 unspecified atom stereocenters. The molecule has 0 bridgehead atoms. The van der Waals surface area contributed by atoms with Gasteiger partial charge in [0.25, 0.3) is 5.60 Å². The Balaban J connectivity index is 1.93. The van der Waals surface area contributed by atoms with Gasteiger partial charge in [-0.3, -0.25) is 0 Å². The van der Waals surface area contributed by atoms with Crippen molar-refractivity contribution in [1.29, 1.82) is 0 Å². The van der Waals surface area contributed by atoms with Gasteiger partial charge in [-0.2, -0.15) is 13.2 Å². The van der Waals surface area contributed by atoms with Crippen LogP contribution < -0.4 is 0 Å². The molecule has 0 radical (unpaired) electrons. The van der Waals surface area contributed by atoms with Gasteiger partial charge in [0.1, 0.15) is 6.10 Å². The first-order valence-electron chi connectivity index (χ1n) is 5.37. The zero-order valence-corrected chi connectivity index (χ0v) is 8.68. The summed E-state index contributed by atoms with van der Waals surface area (Å²) in [4.78, 5) is 11.4. The summed E-state index contributed by atoms with van der Waals surface area (Å²) in [6.45, 7) is -0.609. The van der Waals surface area contributed by atoms with E-state index in [1.54, 1.807) is 0 Å². The minimum atomic E-state index is -4.67. The number of carbonyl (C=O) groups is 1. The molecule has 16 heavy (non-hydrogen) atoms. The van der Waals surface area contributed by atoms with Gasteiger partial charge in [-0.05, 0) is 25.7 Å². The summed E-state index contributed by atoms with van der Waals surface area (Å²) in [7, 11) is 0. The minimum Gasteiger partial charge on any atom is -0.460 e. The summed E-state index contributed by atoms with van der Waals surface area (Å²) in [6.07, 6.45) is -0.882. The number of ether oxygens (including phenoxy) is 2. The normalized spacial score (nSPS) is 31.2. The molecule has 2 fully saturated rings. The summed E-state index contributed by atoms with van der Waals surface area (Å²) >= 11 is 0. The molecular weight excluding hydrogens is 225 g/mol. The van der Waals surface area contributed by atoms with Gasteiger partial charge in [-0.25, -0.2) is 4.79 Å². The quantitative estimate of drug-likeness (QED) is 0.546. The maximum atomic E-state index is 12.5. The maximum Gasteiger partial charge on any atom is 0.430 e. The summed E-state index contributed by atoms with van der Waals surface area (Å²) in [5.74, 6) is -1.27. The highest BCUT2D eigenvalue weighted by molar-refractivity contribution is 5.83. The van der Waals surface area contributed by atoms with Gasteiger partial charge in [0.2, 0.25) is 0 Å². The topological polar surface area (TPSA) is 38.8 Å². The van der Waals surface area contributed by atoms with E-state index in [1.807, 2.05) is 0 Å². The van der Waals surface area contributed by atoms with E-state index in [0.717, 1.165) is 19.3 Å². The summed E-state index contributed by atoms with van der Waals surface area (Å²) in [5, 5.41) is 0. The molecule has 0 spiro atoms. The molecule has 0 aromatic rings. The van der Waals surface area contributed by atoms with Crippen LogP contribution in [0.25, 0.3) is 0 Å². The number of hydrogen-bond donors (Lipinski definition) is 0. The first-order valence-corrected chi connectivity index (χ1v) is 5.37. The SMILES string of the molecule is O=C(OC1CCCCC1)C1(C(F)(F)F)CO1. The number of rotatable bonds is 2. The van der Waals surface area contributed by atoms with Crippen LogP contribution in [-0.4, -0.2) is 30.5 Å². The van der Waals surface area contributed by atoms with Gasteiger partial charge in [0.05, 0.1) is 6.61 Å². The number of epoxide rings is 1. The van der Waals surface area contributed by atoms with E-state index >= 15 is 0 Å². The molecule has 0 N–H and O–H groups in total. The van der Waals surface area contributed by atoms with E-state index in [-0.39, 0.29) is 6.10 Å². The monoisotopic (exact) mass is 238 g/mol. The molecule has 0 amide bonds. The van der Waals surface area contributed by atoms with Gasteiger partial charge in [-0.15, -0.1) is 0 Å². The Hall–Kier alpha value is -0.780. The van der Waals surface area contributed by atoms with Gasteiger partial charge >= 0.3 is 12.1 Å². The average molecular weight is 238 g/mol. The third-order valence-electron chi connectivity index (χ3n) is 3.05. The largest absolute Gasteiger partial charge is 0.460 e. The molecular formula is C10H13F3O3. The van der Waals surface area contributed by atoms with E-state index in [1.165, 1.54) is 0 Å². The predicted octanol–water partition coefficient (Wildman–Crippen LogP) is 2.19. The molecule has 1 heterocycles. The van der Waals surface area contributed by atoms with Gasteiger partial charge in [-0.1, -0.05) is 6.42 Å². The minimum absolute atomic E-state index is 0.371. The highest BCUT2D eigenvalue weighted by Gasteiger charge is 2.73. The van der Waals surface area contributed by atoms with E-state index < -0.39 is 24.4 Å². The molecule has 3 nitrogen and oxygen atoms in total. The maximum absolute atomic E-state index is 12.5. The summed E-state index contributed by atoms with van der Waals surface area (Å²) < 4.78 is 46.5. The zero-order chi connectivity index (χ0) is 11.8. The first-order chi connectivity index (χ1) is 7.46. The average Bonchev–Trinajstić information content (AvgIpc) is 2.98. The van der Waals surface area contributed by atoms with Crippen molar-refractivity contribution in [2.45, 2.75) is 50.0 Å². The molecule has 0 aromatic carbocycles. The van der Waals surface area contributed by atoms with Crippen LogP contribution in [0, 0.1) is 0 Å². The van der Waals surface area contributed by atoms with Crippen LogP contribution in [0.5, 0.6) is 0 Å². The number of carbonyl (C=O) groups excluding carboxylic acids is 1.